The first kappa shape index (κ1) is 12.0. The van der Waals surface area contributed by atoms with Gasteiger partial charge in [0.1, 0.15) is 11.1 Å². The van der Waals surface area contributed by atoms with Gasteiger partial charge in [-0.05, 0) is 19.1 Å². The number of esters is 1. The smallest absolute Gasteiger partial charge is 0.341 e. The van der Waals surface area contributed by atoms with Gasteiger partial charge in [-0.25, -0.2) is 4.79 Å². The number of hydrogen-bond acceptors (Lipinski definition) is 4. The number of aryl methyl sites for hydroxylation is 1. The van der Waals surface area contributed by atoms with Crippen LogP contribution in [0.25, 0.3) is 10.9 Å². The van der Waals surface area contributed by atoms with Crippen molar-refractivity contribution in [2.24, 2.45) is 0 Å². The molecule has 1 N–H and O–H groups in total. The SMILES string of the molecule is COC(=O)c1cc2cc(C)[nH]c2c([N+](=O)[O-])c1F. The summed E-state index contributed by atoms with van der Waals surface area (Å²) in [6.07, 6.45) is 0. The molecule has 0 saturated carbocycles. The molecule has 0 bridgehead atoms. The lowest BCUT2D eigenvalue weighted by atomic mass is 10.1. The van der Waals surface area contributed by atoms with Gasteiger partial charge < -0.3 is 9.72 Å². The van der Waals surface area contributed by atoms with Gasteiger partial charge in [0.2, 0.25) is 5.82 Å². The standard InChI is InChI=1S/C11H9FN2O4/c1-5-3-6-4-7(11(15)18-2)8(12)10(14(16)17)9(6)13-5/h3-4,13H,1-2H3. The number of aromatic nitrogens is 1. The second kappa shape index (κ2) is 4.10. The summed E-state index contributed by atoms with van der Waals surface area (Å²) in [6.45, 7) is 1.68. The Kier molecular flexibility index (Phi) is 2.74. The van der Waals surface area contributed by atoms with Crippen LogP contribution in [-0.2, 0) is 4.74 Å². The number of nitrogens with one attached hydrogen (secondary N) is 1. The molecule has 1 aromatic carbocycles. The third kappa shape index (κ3) is 1.69. The van der Waals surface area contributed by atoms with Crippen molar-refractivity contribution in [1.82, 2.24) is 4.98 Å². The molecule has 0 saturated heterocycles. The van der Waals surface area contributed by atoms with Gasteiger partial charge in [-0.3, -0.25) is 10.1 Å². The van der Waals surface area contributed by atoms with Gasteiger partial charge in [-0.1, -0.05) is 0 Å². The van der Waals surface area contributed by atoms with Crippen molar-refractivity contribution in [3.8, 4) is 0 Å². The highest BCUT2D eigenvalue weighted by molar-refractivity contribution is 5.99. The minimum atomic E-state index is -1.19. The lowest BCUT2D eigenvalue weighted by molar-refractivity contribution is -0.385. The van der Waals surface area contributed by atoms with Crippen LogP contribution in [0.15, 0.2) is 12.1 Å². The van der Waals surface area contributed by atoms with Crippen molar-refractivity contribution < 1.29 is 18.8 Å². The number of carbonyl (C=O) groups excluding carboxylic acids is 1. The van der Waals surface area contributed by atoms with Crippen LogP contribution in [0.1, 0.15) is 16.1 Å². The average molecular weight is 252 g/mol. The molecule has 94 valence electrons. The second-order valence-corrected chi connectivity index (χ2v) is 3.75. The van der Waals surface area contributed by atoms with E-state index in [-0.39, 0.29) is 5.52 Å². The summed E-state index contributed by atoms with van der Waals surface area (Å²) in [5, 5.41) is 11.3. The topological polar surface area (TPSA) is 85.2 Å². The second-order valence-electron chi connectivity index (χ2n) is 3.75. The molecule has 6 nitrogen and oxygen atoms in total. The summed E-state index contributed by atoms with van der Waals surface area (Å²) in [5.41, 5.74) is -0.506. The fourth-order valence-corrected chi connectivity index (χ4v) is 1.81. The Balaban J connectivity index is 2.87. The number of aromatic amines is 1. The third-order valence-corrected chi connectivity index (χ3v) is 2.55. The normalized spacial score (nSPS) is 10.6. The molecule has 0 aliphatic rings. The Morgan fingerprint density at radius 3 is 2.72 bits per heavy atom. The number of rotatable bonds is 2. The number of halogens is 1. The van der Waals surface area contributed by atoms with Gasteiger partial charge in [0.15, 0.2) is 0 Å². The Bertz CT molecular complexity index is 663. The molecule has 1 heterocycles. The summed E-state index contributed by atoms with van der Waals surface area (Å²) in [4.78, 5) is 24.1. The van der Waals surface area contributed by atoms with Crippen molar-refractivity contribution in [2.45, 2.75) is 6.92 Å². The first-order valence-electron chi connectivity index (χ1n) is 5.00. The maximum Gasteiger partial charge on any atom is 0.341 e. The lowest BCUT2D eigenvalue weighted by Crippen LogP contribution is -2.07. The number of nitro benzene ring substituents is 1. The van der Waals surface area contributed by atoms with E-state index < -0.39 is 28.0 Å². The van der Waals surface area contributed by atoms with E-state index in [2.05, 4.69) is 9.72 Å². The molecule has 0 unspecified atom stereocenters. The Labute approximate surface area is 101 Å². The molecular formula is C11H9FN2O4. The molecule has 0 amide bonds. The van der Waals surface area contributed by atoms with Crippen molar-refractivity contribution >= 4 is 22.6 Å². The van der Waals surface area contributed by atoms with Crippen molar-refractivity contribution in [3.63, 3.8) is 0 Å². The molecule has 0 atom stereocenters. The van der Waals surface area contributed by atoms with Crippen LogP contribution in [0.3, 0.4) is 0 Å². The number of benzene rings is 1. The highest BCUT2D eigenvalue weighted by Crippen LogP contribution is 2.31. The molecule has 0 spiro atoms. The molecule has 2 rings (SSSR count). The lowest BCUT2D eigenvalue weighted by Gasteiger charge is -2.03. The number of H-pyrrole nitrogens is 1. The Hall–Kier alpha value is -2.44. The summed E-state index contributed by atoms with van der Waals surface area (Å²) in [5.74, 6) is -2.14. The number of nitro groups is 1. The molecule has 2 aromatic rings. The fourth-order valence-electron chi connectivity index (χ4n) is 1.81. The zero-order valence-electron chi connectivity index (χ0n) is 9.61. The number of carbonyl (C=O) groups is 1. The van der Waals surface area contributed by atoms with Crippen molar-refractivity contribution in [3.05, 3.63) is 39.3 Å². The minimum absolute atomic E-state index is 0.0580. The van der Waals surface area contributed by atoms with E-state index in [4.69, 9.17) is 0 Å². The van der Waals surface area contributed by atoms with Gasteiger partial charge in [-0.15, -0.1) is 0 Å². The highest BCUT2D eigenvalue weighted by atomic mass is 19.1. The van der Waals surface area contributed by atoms with E-state index in [0.29, 0.717) is 11.1 Å². The molecule has 0 radical (unpaired) electrons. The number of nitrogens with zero attached hydrogens (tertiary/aromatic N) is 1. The van der Waals surface area contributed by atoms with E-state index in [1.54, 1.807) is 13.0 Å². The fraction of sp³-hybridized carbons (Fsp3) is 0.182. The monoisotopic (exact) mass is 252 g/mol. The quantitative estimate of drug-likeness (QED) is 0.505. The molecule has 0 aliphatic carbocycles. The first-order valence-corrected chi connectivity index (χ1v) is 5.00. The van der Waals surface area contributed by atoms with Gasteiger partial charge in [0, 0.05) is 11.1 Å². The summed E-state index contributed by atoms with van der Waals surface area (Å²) in [7, 11) is 1.08. The number of methoxy groups -OCH3 is 1. The summed E-state index contributed by atoms with van der Waals surface area (Å²) < 4.78 is 18.3. The van der Waals surface area contributed by atoms with E-state index >= 15 is 0 Å². The van der Waals surface area contributed by atoms with Crippen LogP contribution in [0.2, 0.25) is 0 Å². The molecule has 0 fully saturated rings. The van der Waals surface area contributed by atoms with Crippen LogP contribution in [0.4, 0.5) is 10.1 Å². The van der Waals surface area contributed by atoms with Gasteiger partial charge in [0.05, 0.1) is 12.0 Å². The van der Waals surface area contributed by atoms with E-state index in [0.717, 1.165) is 7.11 Å². The maximum absolute atomic E-state index is 13.9. The molecule has 7 heteroatoms. The summed E-state index contributed by atoms with van der Waals surface area (Å²) in [6, 6.07) is 2.82. The predicted molar refractivity (Wildman–Crippen MR) is 61.0 cm³/mol. The van der Waals surface area contributed by atoms with Crippen LogP contribution in [0, 0.1) is 22.9 Å². The van der Waals surface area contributed by atoms with Gasteiger partial charge in [0.25, 0.3) is 0 Å². The average Bonchev–Trinajstić information content (AvgIpc) is 2.66. The third-order valence-electron chi connectivity index (χ3n) is 2.55. The Morgan fingerprint density at radius 1 is 1.50 bits per heavy atom. The maximum atomic E-state index is 13.9. The van der Waals surface area contributed by atoms with Gasteiger partial charge in [-0.2, -0.15) is 4.39 Å². The van der Waals surface area contributed by atoms with E-state index in [9.17, 15) is 19.3 Å². The van der Waals surface area contributed by atoms with E-state index in [1.807, 2.05) is 0 Å². The highest BCUT2D eigenvalue weighted by Gasteiger charge is 2.27. The van der Waals surface area contributed by atoms with Crippen LogP contribution < -0.4 is 0 Å². The van der Waals surface area contributed by atoms with Crippen LogP contribution in [-0.4, -0.2) is 23.0 Å². The Morgan fingerprint density at radius 2 is 2.17 bits per heavy atom. The number of fused-ring (bicyclic) bond motifs is 1. The minimum Gasteiger partial charge on any atom is -0.465 e. The van der Waals surface area contributed by atoms with Crippen LogP contribution in [0.5, 0.6) is 0 Å². The predicted octanol–water partition coefficient (Wildman–Crippen LogP) is 2.31. The zero-order valence-corrected chi connectivity index (χ0v) is 9.61. The van der Waals surface area contributed by atoms with E-state index in [1.165, 1.54) is 6.07 Å². The van der Waals surface area contributed by atoms with Crippen LogP contribution >= 0.6 is 0 Å². The zero-order chi connectivity index (χ0) is 13.4. The first-order chi connectivity index (χ1) is 8.45. The number of hydrogen-bond donors (Lipinski definition) is 1. The van der Waals surface area contributed by atoms with Crippen molar-refractivity contribution in [2.75, 3.05) is 7.11 Å². The largest absolute Gasteiger partial charge is 0.465 e. The number of ether oxygens (including phenoxy) is 1. The summed E-state index contributed by atoms with van der Waals surface area (Å²) >= 11 is 0. The molecular weight excluding hydrogens is 243 g/mol. The molecule has 18 heavy (non-hydrogen) atoms. The van der Waals surface area contributed by atoms with Gasteiger partial charge >= 0.3 is 11.7 Å². The van der Waals surface area contributed by atoms with Crippen molar-refractivity contribution in [1.29, 1.82) is 0 Å². The molecule has 1 aromatic heterocycles. The molecule has 0 aliphatic heterocycles.